The second-order valence-electron chi connectivity index (χ2n) is 4.27. The van der Waals surface area contributed by atoms with Crippen molar-refractivity contribution in [2.45, 2.75) is 18.6 Å². The first kappa shape index (κ1) is 8.46. The number of morpholine rings is 1. The Kier molecular flexibility index (Phi) is 1.54. The first-order chi connectivity index (χ1) is 7.92. The van der Waals surface area contributed by atoms with E-state index in [1.807, 2.05) is 6.07 Å². The van der Waals surface area contributed by atoms with Crippen LogP contribution in [-0.4, -0.2) is 44.9 Å². The van der Waals surface area contributed by atoms with E-state index in [9.17, 15) is 0 Å². The Balaban J connectivity index is 1.84. The van der Waals surface area contributed by atoms with Crippen LogP contribution in [0.15, 0.2) is 18.6 Å². The fraction of sp³-hybridized carbons (Fsp3) is 0.500. The minimum Gasteiger partial charge on any atom is -0.374 e. The standard InChI is InChI=1S/C10H11N5O/c1-2-11-10-12-6-13-15(10)9(1)14-4-8-3-7(14)5-16-8/h1-2,6-8H,3-5H2. The average molecular weight is 217 g/mol. The Morgan fingerprint density at radius 3 is 3.19 bits per heavy atom. The Morgan fingerprint density at radius 1 is 1.38 bits per heavy atom. The van der Waals surface area contributed by atoms with Crippen LogP contribution in [0.3, 0.4) is 0 Å². The maximum absolute atomic E-state index is 5.59. The monoisotopic (exact) mass is 217 g/mol. The number of aromatic nitrogens is 4. The number of nitrogens with zero attached hydrogens (tertiary/aromatic N) is 5. The second-order valence-corrected chi connectivity index (χ2v) is 4.27. The van der Waals surface area contributed by atoms with Crippen LogP contribution in [0.1, 0.15) is 6.42 Å². The summed E-state index contributed by atoms with van der Waals surface area (Å²) in [5.74, 6) is 1.72. The molecule has 2 aromatic rings. The summed E-state index contributed by atoms with van der Waals surface area (Å²) in [6, 6.07) is 2.47. The predicted molar refractivity (Wildman–Crippen MR) is 56.3 cm³/mol. The second kappa shape index (κ2) is 2.91. The number of hydrogen-bond donors (Lipinski definition) is 0. The molecule has 0 saturated carbocycles. The SMILES string of the molecule is c1cc(N2CC3CC2CO3)n2ncnc2n1. The predicted octanol–water partition coefficient (Wildman–Crippen LogP) is 0.102. The van der Waals surface area contributed by atoms with E-state index in [4.69, 9.17) is 4.74 Å². The molecule has 0 aliphatic carbocycles. The number of anilines is 1. The van der Waals surface area contributed by atoms with E-state index in [0.29, 0.717) is 17.9 Å². The highest BCUT2D eigenvalue weighted by Crippen LogP contribution is 2.31. The van der Waals surface area contributed by atoms with Gasteiger partial charge in [-0.15, -0.1) is 0 Å². The van der Waals surface area contributed by atoms with Gasteiger partial charge in [0.2, 0.25) is 0 Å². The normalized spacial score (nSPS) is 28.1. The Hall–Kier alpha value is -1.69. The highest BCUT2D eigenvalue weighted by molar-refractivity contribution is 5.47. The lowest BCUT2D eigenvalue weighted by Gasteiger charge is -2.28. The van der Waals surface area contributed by atoms with Crippen LogP contribution in [0.2, 0.25) is 0 Å². The topological polar surface area (TPSA) is 55.6 Å². The molecule has 82 valence electrons. The molecule has 16 heavy (non-hydrogen) atoms. The summed E-state index contributed by atoms with van der Waals surface area (Å²) >= 11 is 0. The van der Waals surface area contributed by atoms with Gasteiger partial charge in [-0.2, -0.15) is 14.6 Å². The highest BCUT2D eigenvalue weighted by Gasteiger charge is 2.39. The van der Waals surface area contributed by atoms with E-state index in [1.165, 1.54) is 6.33 Å². The lowest BCUT2D eigenvalue weighted by atomic mass is 10.2. The summed E-state index contributed by atoms with van der Waals surface area (Å²) < 4.78 is 7.39. The van der Waals surface area contributed by atoms with Crippen molar-refractivity contribution in [3.63, 3.8) is 0 Å². The van der Waals surface area contributed by atoms with Gasteiger partial charge < -0.3 is 9.64 Å². The third-order valence-electron chi connectivity index (χ3n) is 3.36. The molecule has 6 heteroatoms. The zero-order chi connectivity index (χ0) is 10.5. The molecule has 0 radical (unpaired) electrons. The van der Waals surface area contributed by atoms with Gasteiger partial charge in [0.25, 0.3) is 5.78 Å². The molecule has 0 N–H and O–H groups in total. The van der Waals surface area contributed by atoms with Crippen molar-refractivity contribution >= 4 is 11.6 Å². The Bertz CT molecular complexity index is 539. The smallest absolute Gasteiger partial charge is 0.254 e. The molecule has 2 atom stereocenters. The zero-order valence-electron chi connectivity index (χ0n) is 8.65. The van der Waals surface area contributed by atoms with Gasteiger partial charge in [-0.25, -0.2) is 4.98 Å². The van der Waals surface area contributed by atoms with Gasteiger partial charge in [0.05, 0.1) is 18.8 Å². The highest BCUT2D eigenvalue weighted by atomic mass is 16.5. The number of hydrogen-bond acceptors (Lipinski definition) is 5. The fourth-order valence-electron chi connectivity index (χ4n) is 2.62. The summed E-state index contributed by atoms with van der Waals surface area (Å²) in [6.45, 7) is 1.77. The zero-order valence-corrected chi connectivity index (χ0v) is 8.65. The molecule has 2 aliphatic rings. The summed E-state index contributed by atoms with van der Waals surface area (Å²) in [5, 5.41) is 4.21. The Morgan fingerprint density at radius 2 is 2.38 bits per heavy atom. The minimum absolute atomic E-state index is 0.386. The van der Waals surface area contributed by atoms with Crippen LogP contribution in [0.5, 0.6) is 0 Å². The van der Waals surface area contributed by atoms with Crippen LogP contribution in [0.25, 0.3) is 5.78 Å². The maximum atomic E-state index is 5.59. The van der Waals surface area contributed by atoms with Gasteiger partial charge in [0, 0.05) is 12.7 Å². The third-order valence-corrected chi connectivity index (χ3v) is 3.36. The van der Waals surface area contributed by atoms with Gasteiger partial charge in [-0.05, 0) is 12.5 Å². The third kappa shape index (κ3) is 1.02. The van der Waals surface area contributed by atoms with Gasteiger partial charge in [-0.3, -0.25) is 0 Å². The van der Waals surface area contributed by atoms with E-state index in [1.54, 1.807) is 10.7 Å². The summed E-state index contributed by atoms with van der Waals surface area (Å²) in [7, 11) is 0. The van der Waals surface area contributed by atoms with Crippen LogP contribution in [-0.2, 0) is 4.74 Å². The lowest BCUT2D eigenvalue weighted by Crippen LogP contribution is -2.38. The molecule has 2 fully saturated rings. The van der Waals surface area contributed by atoms with Gasteiger partial charge >= 0.3 is 0 Å². The van der Waals surface area contributed by atoms with Crippen molar-refractivity contribution in [2.24, 2.45) is 0 Å². The molecule has 0 amide bonds. The molecule has 2 unspecified atom stereocenters. The molecule has 2 saturated heterocycles. The summed E-state index contributed by atoms with van der Waals surface area (Å²) in [6.07, 6.45) is 4.83. The summed E-state index contributed by atoms with van der Waals surface area (Å²) in [5.41, 5.74) is 0. The van der Waals surface area contributed by atoms with E-state index >= 15 is 0 Å². The number of rotatable bonds is 1. The first-order valence-electron chi connectivity index (χ1n) is 5.45. The van der Waals surface area contributed by atoms with Crippen molar-refractivity contribution in [1.82, 2.24) is 19.6 Å². The van der Waals surface area contributed by atoms with Crippen LogP contribution in [0, 0.1) is 0 Å². The van der Waals surface area contributed by atoms with Gasteiger partial charge in [0.1, 0.15) is 12.1 Å². The number of fused-ring (bicyclic) bond motifs is 3. The van der Waals surface area contributed by atoms with Crippen molar-refractivity contribution < 1.29 is 4.74 Å². The van der Waals surface area contributed by atoms with E-state index in [-0.39, 0.29) is 0 Å². The lowest BCUT2D eigenvalue weighted by molar-refractivity contribution is 0.0987. The first-order valence-corrected chi connectivity index (χ1v) is 5.45. The molecule has 4 rings (SSSR count). The molecule has 6 nitrogen and oxygen atoms in total. The van der Waals surface area contributed by atoms with E-state index < -0.39 is 0 Å². The molecule has 4 heterocycles. The van der Waals surface area contributed by atoms with Crippen molar-refractivity contribution in [3.8, 4) is 0 Å². The Labute approximate surface area is 91.9 Å². The molecule has 2 bridgehead atoms. The molecular weight excluding hydrogens is 206 g/mol. The summed E-state index contributed by atoms with van der Waals surface area (Å²) in [4.78, 5) is 10.6. The van der Waals surface area contributed by atoms with Crippen LogP contribution < -0.4 is 4.90 Å². The largest absolute Gasteiger partial charge is 0.374 e. The molecular formula is C10H11N5O. The minimum atomic E-state index is 0.386. The molecule has 0 spiro atoms. The van der Waals surface area contributed by atoms with Crippen LogP contribution >= 0.6 is 0 Å². The number of ether oxygens (including phenoxy) is 1. The molecule has 2 aliphatic heterocycles. The van der Waals surface area contributed by atoms with E-state index in [0.717, 1.165) is 25.4 Å². The fourth-order valence-corrected chi connectivity index (χ4v) is 2.62. The quantitative estimate of drug-likeness (QED) is 0.678. The van der Waals surface area contributed by atoms with E-state index in [2.05, 4.69) is 20.0 Å². The van der Waals surface area contributed by atoms with Gasteiger partial charge in [-0.1, -0.05) is 0 Å². The average Bonchev–Trinajstić information content (AvgIpc) is 3.03. The molecule has 2 aromatic heterocycles. The van der Waals surface area contributed by atoms with Crippen molar-refractivity contribution in [1.29, 1.82) is 0 Å². The van der Waals surface area contributed by atoms with Crippen molar-refractivity contribution in [3.05, 3.63) is 18.6 Å². The van der Waals surface area contributed by atoms with Crippen LogP contribution in [0.4, 0.5) is 5.82 Å². The van der Waals surface area contributed by atoms with Crippen molar-refractivity contribution in [2.75, 3.05) is 18.1 Å². The molecule has 0 aromatic carbocycles. The maximum Gasteiger partial charge on any atom is 0.254 e. The van der Waals surface area contributed by atoms with Gasteiger partial charge in [0.15, 0.2) is 0 Å².